The van der Waals surface area contributed by atoms with Gasteiger partial charge in [-0.05, 0) is 72.8 Å². The van der Waals surface area contributed by atoms with Crippen molar-refractivity contribution in [3.05, 3.63) is 47.5 Å². The van der Waals surface area contributed by atoms with Crippen LogP contribution in [0.3, 0.4) is 0 Å². The van der Waals surface area contributed by atoms with E-state index in [1.807, 2.05) is 0 Å². The molecule has 27 heavy (non-hydrogen) atoms. The second kappa shape index (κ2) is 7.63. The van der Waals surface area contributed by atoms with E-state index >= 15 is 0 Å². The number of hydrogen-bond donors (Lipinski definition) is 3. The van der Waals surface area contributed by atoms with Gasteiger partial charge < -0.3 is 16.4 Å². The van der Waals surface area contributed by atoms with Gasteiger partial charge in [0.1, 0.15) is 0 Å². The minimum absolute atomic E-state index is 0.166. The molecule has 0 heterocycles. The average molecular weight is 364 g/mol. The first-order valence-electron chi connectivity index (χ1n) is 10.1. The normalized spacial score (nSPS) is 16.2. The largest absolute Gasteiger partial charge is 0.397 e. The standard InChI is InChI=1S/C23H29N3O/c1-15-20(10-11-21(23(15)24)25-13-17-4-5-17)19-8-6-18(7-9-19)14-26-22(27)12-16-2-3-16/h6-11,16-17,25H,2-5,12-14,24H2,1H3,(H,26,27). The molecule has 4 nitrogen and oxygen atoms in total. The van der Waals surface area contributed by atoms with E-state index in [2.05, 4.69) is 54.0 Å². The van der Waals surface area contributed by atoms with E-state index in [1.165, 1.54) is 25.7 Å². The predicted octanol–water partition coefficient (Wildman–Crippen LogP) is 4.48. The first-order valence-corrected chi connectivity index (χ1v) is 10.1. The van der Waals surface area contributed by atoms with Gasteiger partial charge in [-0.15, -0.1) is 0 Å². The lowest BCUT2D eigenvalue weighted by Crippen LogP contribution is -2.22. The van der Waals surface area contributed by atoms with E-state index in [4.69, 9.17) is 5.73 Å². The second-order valence-electron chi connectivity index (χ2n) is 8.14. The van der Waals surface area contributed by atoms with E-state index in [0.29, 0.717) is 18.9 Å². The van der Waals surface area contributed by atoms with Crippen LogP contribution in [0.2, 0.25) is 0 Å². The van der Waals surface area contributed by atoms with Crippen LogP contribution in [0.25, 0.3) is 11.1 Å². The molecular formula is C23H29N3O. The summed E-state index contributed by atoms with van der Waals surface area (Å²) in [7, 11) is 0. The highest BCUT2D eigenvalue weighted by atomic mass is 16.1. The fourth-order valence-corrected chi connectivity index (χ4v) is 3.43. The molecule has 1 amide bonds. The summed E-state index contributed by atoms with van der Waals surface area (Å²) in [6, 6.07) is 12.6. The van der Waals surface area contributed by atoms with Gasteiger partial charge in [-0.2, -0.15) is 0 Å². The van der Waals surface area contributed by atoms with Crippen molar-refractivity contribution in [2.24, 2.45) is 11.8 Å². The van der Waals surface area contributed by atoms with Crippen LogP contribution in [0.5, 0.6) is 0 Å². The SMILES string of the molecule is Cc1c(-c2ccc(CNC(=O)CC3CC3)cc2)ccc(NCC2CC2)c1N. The number of anilines is 2. The predicted molar refractivity (Wildman–Crippen MR) is 111 cm³/mol. The average Bonchev–Trinajstić information content (AvgIpc) is 3.58. The highest BCUT2D eigenvalue weighted by Crippen LogP contribution is 2.35. The van der Waals surface area contributed by atoms with Gasteiger partial charge in [0.05, 0.1) is 11.4 Å². The van der Waals surface area contributed by atoms with Crippen molar-refractivity contribution in [1.82, 2.24) is 5.32 Å². The summed E-state index contributed by atoms with van der Waals surface area (Å²) >= 11 is 0. The van der Waals surface area contributed by atoms with Crippen molar-refractivity contribution < 1.29 is 4.79 Å². The Bertz CT molecular complexity index is 820. The van der Waals surface area contributed by atoms with Crippen molar-refractivity contribution >= 4 is 17.3 Å². The van der Waals surface area contributed by atoms with E-state index in [1.54, 1.807) is 0 Å². The highest BCUT2D eigenvalue weighted by Gasteiger charge is 2.24. The van der Waals surface area contributed by atoms with Gasteiger partial charge in [0.2, 0.25) is 5.91 Å². The monoisotopic (exact) mass is 363 g/mol. The molecule has 2 aromatic carbocycles. The van der Waals surface area contributed by atoms with Crippen molar-refractivity contribution in [2.75, 3.05) is 17.6 Å². The molecule has 4 N–H and O–H groups in total. The van der Waals surface area contributed by atoms with Crippen LogP contribution in [-0.4, -0.2) is 12.5 Å². The second-order valence-corrected chi connectivity index (χ2v) is 8.14. The Hall–Kier alpha value is -2.49. The molecule has 0 atom stereocenters. The minimum Gasteiger partial charge on any atom is -0.397 e. The summed E-state index contributed by atoms with van der Waals surface area (Å²) in [6.07, 6.45) is 5.76. The third kappa shape index (κ3) is 4.62. The molecule has 4 rings (SSSR count). The molecule has 0 aromatic heterocycles. The first-order chi connectivity index (χ1) is 13.1. The zero-order valence-corrected chi connectivity index (χ0v) is 16.1. The van der Waals surface area contributed by atoms with Crippen molar-refractivity contribution in [1.29, 1.82) is 0 Å². The van der Waals surface area contributed by atoms with E-state index in [9.17, 15) is 4.79 Å². The maximum atomic E-state index is 11.8. The van der Waals surface area contributed by atoms with Crippen LogP contribution >= 0.6 is 0 Å². The van der Waals surface area contributed by atoms with E-state index < -0.39 is 0 Å². The molecule has 2 saturated carbocycles. The smallest absolute Gasteiger partial charge is 0.220 e. The van der Waals surface area contributed by atoms with Gasteiger partial charge in [-0.3, -0.25) is 4.79 Å². The third-order valence-electron chi connectivity index (χ3n) is 5.72. The van der Waals surface area contributed by atoms with Crippen LogP contribution in [0.4, 0.5) is 11.4 Å². The number of nitrogen functional groups attached to an aromatic ring is 1. The van der Waals surface area contributed by atoms with Crippen molar-refractivity contribution in [2.45, 2.75) is 45.6 Å². The Kier molecular flexibility index (Phi) is 5.06. The Morgan fingerprint density at radius 2 is 1.74 bits per heavy atom. The fourth-order valence-electron chi connectivity index (χ4n) is 3.43. The van der Waals surface area contributed by atoms with Gasteiger partial charge in [0.25, 0.3) is 0 Å². The zero-order valence-electron chi connectivity index (χ0n) is 16.1. The van der Waals surface area contributed by atoms with Crippen LogP contribution in [0.1, 0.15) is 43.2 Å². The van der Waals surface area contributed by atoms with E-state index in [-0.39, 0.29) is 5.91 Å². The van der Waals surface area contributed by atoms with Crippen LogP contribution in [0, 0.1) is 18.8 Å². The van der Waals surface area contributed by atoms with Crippen LogP contribution < -0.4 is 16.4 Å². The first kappa shape index (κ1) is 17.9. The zero-order chi connectivity index (χ0) is 18.8. The number of hydrogen-bond acceptors (Lipinski definition) is 3. The quantitative estimate of drug-likeness (QED) is 0.606. The summed E-state index contributed by atoms with van der Waals surface area (Å²) < 4.78 is 0. The maximum absolute atomic E-state index is 11.8. The number of nitrogens with two attached hydrogens (primary N) is 1. The lowest BCUT2D eigenvalue weighted by molar-refractivity contribution is -0.121. The number of rotatable bonds is 8. The summed E-state index contributed by atoms with van der Waals surface area (Å²) in [5.74, 6) is 1.61. The Morgan fingerprint density at radius 3 is 2.41 bits per heavy atom. The Labute approximate surface area is 161 Å². The molecule has 0 spiro atoms. The lowest BCUT2D eigenvalue weighted by atomic mass is 9.97. The van der Waals surface area contributed by atoms with Crippen LogP contribution in [-0.2, 0) is 11.3 Å². The van der Waals surface area contributed by atoms with Gasteiger partial charge >= 0.3 is 0 Å². The van der Waals surface area contributed by atoms with Gasteiger partial charge in [0, 0.05) is 19.5 Å². The third-order valence-corrected chi connectivity index (χ3v) is 5.72. The Morgan fingerprint density at radius 1 is 1.04 bits per heavy atom. The molecule has 4 heteroatoms. The molecule has 2 aliphatic rings. The summed E-state index contributed by atoms with van der Waals surface area (Å²) in [5, 5.41) is 6.50. The summed E-state index contributed by atoms with van der Waals surface area (Å²) in [4.78, 5) is 11.8. The number of amides is 1. The molecule has 0 aliphatic heterocycles. The molecule has 0 bridgehead atoms. The highest BCUT2D eigenvalue weighted by molar-refractivity contribution is 5.81. The summed E-state index contributed by atoms with van der Waals surface area (Å²) in [6.45, 7) is 3.69. The molecule has 2 aromatic rings. The minimum atomic E-state index is 0.166. The maximum Gasteiger partial charge on any atom is 0.220 e. The molecule has 2 aliphatic carbocycles. The van der Waals surface area contributed by atoms with Crippen molar-refractivity contribution in [3.63, 3.8) is 0 Å². The molecule has 0 unspecified atom stereocenters. The van der Waals surface area contributed by atoms with Crippen LogP contribution in [0.15, 0.2) is 36.4 Å². The van der Waals surface area contributed by atoms with E-state index in [0.717, 1.165) is 46.1 Å². The molecule has 142 valence electrons. The fraction of sp³-hybridized carbons (Fsp3) is 0.435. The number of carbonyl (C=O) groups excluding carboxylic acids is 1. The molecular weight excluding hydrogens is 334 g/mol. The van der Waals surface area contributed by atoms with Gasteiger partial charge in [-0.1, -0.05) is 30.3 Å². The molecule has 2 fully saturated rings. The summed E-state index contributed by atoms with van der Waals surface area (Å²) in [5.41, 5.74) is 12.8. The number of nitrogens with one attached hydrogen (secondary N) is 2. The van der Waals surface area contributed by atoms with Crippen molar-refractivity contribution in [3.8, 4) is 11.1 Å². The van der Waals surface area contributed by atoms with Gasteiger partial charge in [0.15, 0.2) is 0 Å². The Balaban J connectivity index is 1.39. The lowest BCUT2D eigenvalue weighted by Gasteiger charge is -2.15. The number of carbonyl (C=O) groups is 1. The molecule has 0 radical (unpaired) electrons. The van der Waals surface area contributed by atoms with Gasteiger partial charge in [-0.25, -0.2) is 0 Å². The topological polar surface area (TPSA) is 67.2 Å². The number of benzene rings is 2. The molecule has 0 saturated heterocycles.